The van der Waals surface area contributed by atoms with Crippen LogP contribution in [-0.4, -0.2) is 40.8 Å². The number of hydrogen-bond donors (Lipinski definition) is 0. The molecule has 0 radical (unpaired) electrons. The lowest BCUT2D eigenvalue weighted by atomic mass is 10.2. The molecule has 1 amide bonds. The van der Waals surface area contributed by atoms with Crippen LogP contribution in [0.25, 0.3) is 10.2 Å². The van der Waals surface area contributed by atoms with Crippen molar-refractivity contribution in [1.82, 2.24) is 9.72 Å². The van der Waals surface area contributed by atoms with Gasteiger partial charge in [-0.15, -0.1) is 0 Å². The Morgan fingerprint density at radius 2 is 1.93 bits per heavy atom. The Hall–Kier alpha value is -3.27. The number of fused-ring (bicyclic) bond motifs is 1. The Morgan fingerprint density at radius 1 is 1.17 bits per heavy atom. The SMILES string of the molecule is CCOC(=O)Cn1c(=NC(=O)c2cc(C)no2)sc2cc(C(=O)OCC)ccc21. The molecule has 0 saturated carbocycles. The Kier molecular flexibility index (Phi) is 6.23. The van der Waals surface area contributed by atoms with Gasteiger partial charge in [0.15, 0.2) is 4.80 Å². The lowest BCUT2D eigenvalue weighted by Gasteiger charge is -2.06. The number of carbonyl (C=O) groups is 3. The molecule has 1 aromatic carbocycles. The summed E-state index contributed by atoms with van der Waals surface area (Å²) in [7, 11) is 0. The maximum Gasteiger partial charge on any atom is 0.338 e. The molecule has 152 valence electrons. The van der Waals surface area contributed by atoms with E-state index in [1.54, 1.807) is 43.5 Å². The third-order valence-electron chi connectivity index (χ3n) is 3.82. The van der Waals surface area contributed by atoms with E-state index in [-0.39, 0.29) is 30.3 Å². The van der Waals surface area contributed by atoms with Gasteiger partial charge in [0.1, 0.15) is 6.54 Å². The molecule has 0 spiro atoms. The van der Waals surface area contributed by atoms with Crippen LogP contribution in [0.2, 0.25) is 0 Å². The highest BCUT2D eigenvalue weighted by molar-refractivity contribution is 7.16. The molecule has 0 aliphatic carbocycles. The number of aromatic nitrogens is 2. The summed E-state index contributed by atoms with van der Waals surface area (Å²) in [5.41, 5.74) is 1.56. The lowest BCUT2D eigenvalue weighted by Crippen LogP contribution is -2.23. The quantitative estimate of drug-likeness (QED) is 0.566. The molecule has 3 rings (SSSR count). The van der Waals surface area contributed by atoms with Gasteiger partial charge in [-0.2, -0.15) is 4.99 Å². The predicted molar refractivity (Wildman–Crippen MR) is 104 cm³/mol. The van der Waals surface area contributed by atoms with E-state index in [0.717, 1.165) is 11.3 Å². The van der Waals surface area contributed by atoms with Gasteiger partial charge in [0.2, 0.25) is 5.76 Å². The van der Waals surface area contributed by atoms with Crippen LogP contribution >= 0.6 is 11.3 Å². The Morgan fingerprint density at radius 3 is 2.59 bits per heavy atom. The second-order valence-electron chi connectivity index (χ2n) is 5.93. The van der Waals surface area contributed by atoms with Gasteiger partial charge < -0.3 is 18.6 Å². The second kappa shape index (κ2) is 8.82. The van der Waals surface area contributed by atoms with E-state index in [4.69, 9.17) is 14.0 Å². The van der Waals surface area contributed by atoms with Crippen LogP contribution in [0.4, 0.5) is 0 Å². The number of benzene rings is 1. The molecular formula is C19H19N3O6S. The van der Waals surface area contributed by atoms with Crippen molar-refractivity contribution in [2.24, 2.45) is 4.99 Å². The van der Waals surface area contributed by atoms with Gasteiger partial charge >= 0.3 is 17.8 Å². The largest absolute Gasteiger partial charge is 0.465 e. The summed E-state index contributed by atoms with van der Waals surface area (Å²) in [5, 5.41) is 3.68. The molecule has 0 fully saturated rings. The Labute approximate surface area is 169 Å². The molecule has 10 heteroatoms. The first-order chi connectivity index (χ1) is 13.9. The zero-order valence-electron chi connectivity index (χ0n) is 16.1. The maximum absolute atomic E-state index is 12.4. The van der Waals surface area contributed by atoms with E-state index in [9.17, 15) is 14.4 Å². The highest BCUT2D eigenvalue weighted by Crippen LogP contribution is 2.20. The van der Waals surface area contributed by atoms with Crippen molar-refractivity contribution in [3.8, 4) is 0 Å². The van der Waals surface area contributed by atoms with Crippen molar-refractivity contribution in [2.45, 2.75) is 27.3 Å². The molecular weight excluding hydrogens is 398 g/mol. The van der Waals surface area contributed by atoms with Gasteiger partial charge in [-0.1, -0.05) is 16.5 Å². The first-order valence-electron chi connectivity index (χ1n) is 8.91. The van der Waals surface area contributed by atoms with E-state index in [2.05, 4.69) is 10.1 Å². The molecule has 0 bridgehead atoms. The number of rotatable bonds is 6. The van der Waals surface area contributed by atoms with Gasteiger partial charge in [0.25, 0.3) is 0 Å². The van der Waals surface area contributed by atoms with Crippen LogP contribution in [0, 0.1) is 6.92 Å². The van der Waals surface area contributed by atoms with E-state index < -0.39 is 17.8 Å². The number of hydrogen-bond acceptors (Lipinski definition) is 8. The average Bonchev–Trinajstić information content (AvgIpc) is 3.26. The number of esters is 2. The van der Waals surface area contributed by atoms with Gasteiger partial charge in [-0.3, -0.25) is 9.59 Å². The number of aryl methyl sites for hydroxylation is 1. The molecule has 0 saturated heterocycles. The molecule has 0 aliphatic heterocycles. The summed E-state index contributed by atoms with van der Waals surface area (Å²) in [6.07, 6.45) is 0. The van der Waals surface area contributed by atoms with Gasteiger partial charge in [0, 0.05) is 6.07 Å². The topological polar surface area (TPSA) is 113 Å². The molecule has 0 atom stereocenters. The zero-order valence-corrected chi connectivity index (χ0v) is 16.9. The molecule has 0 N–H and O–H groups in total. The molecule has 3 aromatic rings. The molecule has 0 unspecified atom stereocenters. The minimum absolute atomic E-state index is 0.00477. The van der Waals surface area contributed by atoms with Crippen LogP contribution in [0.15, 0.2) is 33.8 Å². The molecule has 29 heavy (non-hydrogen) atoms. The van der Waals surface area contributed by atoms with Crippen LogP contribution in [0.3, 0.4) is 0 Å². The van der Waals surface area contributed by atoms with Gasteiger partial charge in [-0.25, -0.2) is 4.79 Å². The minimum Gasteiger partial charge on any atom is -0.465 e. The molecule has 9 nitrogen and oxygen atoms in total. The smallest absolute Gasteiger partial charge is 0.338 e. The molecule has 0 aliphatic rings. The number of amides is 1. The standard InChI is InChI=1S/C19H19N3O6S/c1-4-26-16(23)10-22-13-7-6-12(18(25)27-5-2)9-15(13)29-19(22)20-17(24)14-8-11(3)21-28-14/h6-9H,4-5,10H2,1-3H3. The van der Waals surface area contributed by atoms with E-state index in [1.165, 1.54) is 6.07 Å². The van der Waals surface area contributed by atoms with E-state index >= 15 is 0 Å². The minimum atomic E-state index is -0.625. The van der Waals surface area contributed by atoms with Crippen molar-refractivity contribution in [1.29, 1.82) is 0 Å². The highest BCUT2D eigenvalue weighted by atomic mass is 32.1. The first-order valence-corrected chi connectivity index (χ1v) is 9.73. The molecule has 2 heterocycles. The normalized spacial score (nSPS) is 11.6. The Bertz CT molecular complexity index is 1140. The van der Waals surface area contributed by atoms with Crippen molar-refractivity contribution >= 4 is 39.4 Å². The number of carbonyl (C=O) groups excluding carboxylic acids is 3. The Balaban J connectivity index is 2.10. The molecule has 2 aromatic heterocycles. The third-order valence-corrected chi connectivity index (χ3v) is 4.86. The summed E-state index contributed by atoms with van der Waals surface area (Å²) >= 11 is 1.16. The van der Waals surface area contributed by atoms with E-state index in [0.29, 0.717) is 21.5 Å². The number of thiazole rings is 1. The van der Waals surface area contributed by atoms with Gasteiger partial charge in [-0.05, 0) is 39.0 Å². The van der Waals surface area contributed by atoms with Crippen molar-refractivity contribution < 1.29 is 28.4 Å². The number of ether oxygens (including phenoxy) is 2. The monoisotopic (exact) mass is 417 g/mol. The predicted octanol–water partition coefficient (Wildman–Crippen LogP) is 2.48. The van der Waals surface area contributed by atoms with Crippen molar-refractivity contribution in [3.63, 3.8) is 0 Å². The van der Waals surface area contributed by atoms with Crippen LogP contribution in [0.1, 0.15) is 40.5 Å². The summed E-state index contributed by atoms with van der Waals surface area (Å²) in [4.78, 5) is 40.9. The van der Waals surface area contributed by atoms with Gasteiger partial charge in [0.05, 0.1) is 34.7 Å². The average molecular weight is 417 g/mol. The second-order valence-corrected chi connectivity index (χ2v) is 6.94. The fourth-order valence-corrected chi connectivity index (χ4v) is 3.66. The number of nitrogens with zero attached hydrogens (tertiary/aromatic N) is 3. The van der Waals surface area contributed by atoms with Crippen LogP contribution in [-0.2, 0) is 20.8 Å². The van der Waals surface area contributed by atoms with E-state index in [1.807, 2.05) is 0 Å². The summed E-state index contributed by atoms with van der Waals surface area (Å²) in [6.45, 7) is 5.49. The highest BCUT2D eigenvalue weighted by Gasteiger charge is 2.16. The van der Waals surface area contributed by atoms with Crippen molar-refractivity contribution in [2.75, 3.05) is 13.2 Å². The summed E-state index contributed by atoms with van der Waals surface area (Å²) in [5.74, 6) is -1.55. The lowest BCUT2D eigenvalue weighted by molar-refractivity contribution is -0.143. The summed E-state index contributed by atoms with van der Waals surface area (Å²) in [6, 6.07) is 6.40. The summed E-state index contributed by atoms with van der Waals surface area (Å²) < 4.78 is 17.2. The fourth-order valence-electron chi connectivity index (χ4n) is 2.59. The van der Waals surface area contributed by atoms with Crippen LogP contribution in [0.5, 0.6) is 0 Å². The zero-order chi connectivity index (χ0) is 21.0. The third kappa shape index (κ3) is 4.60. The van der Waals surface area contributed by atoms with Crippen LogP contribution < -0.4 is 4.80 Å². The van der Waals surface area contributed by atoms with Crippen molar-refractivity contribution in [3.05, 3.63) is 46.1 Å². The fraction of sp³-hybridized carbons (Fsp3) is 0.316. The first kappa shape index (κ1) is 20.5. The maximum atomic E-state index is 12.4.